The number of aryl methyl sites for hydroxylation is 1. The summed E-state index contributed by atoms with van der Waals surface area (Å²) < 4.78 is 1.65. The van der Waals surface area contributed by atoms with Gasteiger partial charge in [-0.1, -0.05) is 29.8 Å². The molecular formula is C16H16N4O2. The summed E-state index contributed by atoms with van der Waals surface area (Å²) in [5.74, 6) is -0.294. The quantitative estimate of drug-likeness (QED) is 0.763. The molecule has 0 atom stereocenters. The molecule has 0 aliphatic carbocycles. The molecular weight excluding hydrogens is 280 g/mol. The van der Waals surface area contributed by atoms with Gasteiger partial charge in [0.2, 0.25) is 0 Å². The second kappa shape index (κ2) is 5.95. The van der Waals surface area contributed by atoms with Crippen molar-refractivity contribution < 1.29 is 9.90 Å². The summed E-state index contributed by atoms with van der Waals surface area (Å²) in [6, 6.07) is 9.94. The van der Waals surface area contributed by atoms with Crippen LogP contribution >= 0.6 is 0 Å². The predicted octanol–water partition coefficient (Wildman–Crippen LogP) is 1.43. The number of nitrogens with zero attached hydrogens (tertiary/aromatic N) is 3. The van der Waals surface area contributed by atoms with Gasteiger partial charge in [-0.05, 0) is 13.0 Å². The lowest BCUT2D eigenvalue weighted by Gasteiger charge is -2.06. The Hall–Kier alpha value is -2.73. The normalized spacial score (nSPS) is 10.8. The molecule has 0 unspecified atom stereocenters. The van der Waals surface area contributed by atoms with Crippen molar-refractivity contribution in [3.63, 3.8) is 0 Å². The molecule has 1 aromatic carbocycles. The molecule has 6 nitrogen and oxygen atoms in total. The van der Waals surface area contributed by atoms with Crippen LogP contribution in [0.3, 0.4) is 0 Å². The molecule has 22 heavy (non-hydrogen) atoms. The first-order chi connectivity index (χ1) is 10.7. The van der Waals surface area contributed by atoms with E-state index in [9.17, 15) is 4.79 Å². The van der Waals surface area contributed by atoms with E-state index in [0.29, 0.717) is 11.2 Å². The van der Waals surface area contributed by atoms with Gasteiger partial charge < -0.3 is 10.4 Å². The molecule has 2 N–H and O–H groups in total. The lowest BCUT2D eigenvalue weighted by atomic mass is 10.1. The third-order valence-electron chi connectivity index (χ3n) is 3.39. The average molecular weight is 296 g/mol. The fourth-order valence-corrected chi connectivity index (χ4v) is 2.26. The molecule has 112 valence electrons. The van der Waals surface area contributed by atoms with E-state index in [1.54, 1.807) is 10.7 Å². The number of hydrogen-bond acceptors (Lipinski definition) is 4. The standard InChI is InChI=1S/C16H16N4O2/c1-11-2-4-12(5-3-11)14-6-7-17-15-13(10-19-20(14)15)16(22)18-8-9-21/h2-7,10,21H,8-9H2,1H3,(H,18,22). The van der Waals surface area contributed by atoms with Gasteiger partial charge in [-0.25, -0.2) is 9.50 Å². The number of aliphatic hydroxyl groups is 1. The number of aromatic nitrogens is 3. The molecule has 3 rings (SSSR count). The molecule has 0 saturated carbocycles. The van der Waals surface area contributed by atoms with Crippen LogP contribution in [-0.2, 0) is 0 Å². The first-order valence-corrected chi connectivity index (χ1v) is 6.99. The van der Waals surface area contributed by atoms with Gasteiger partial charge in [0, 0.05) is 18.3 Å². The van der Waals surface area contributed by atoms with E-state index >= 15 is 0 Å². The number of rotatable bonds is 4. The van der Waals surface area contributed by atoms with Gasteiger partial charge >= 0.3 is 0 Å². The highest BCUT2D eigenvalue weighted by molar-refractivity contribution is 5.99. The van der Waals surface area contributed by atoms with Crippen LogP contribution in [0.25, 0.3) is 16.9 Å². The summed E-state index contributed by atoms with van der Waals surface area (Å²) in [4.78, 5) is 16.3. The highest BCUT2D eigenvalue weighted by Crippen LogP contribution is 2.21. The molecule has 0 bridgehead atoms. The predicted molar refractivity (Wildman–Crippen MR) is 82.6 cm³/mol. The lowest BCUT2D eigenvalue weighted by molar-refractivity contribution is 0.0946. The first-order valence-electron chi connectivity index (χ1n) is 6.99. The molecule has 3 aromatic rings. The Kier molecular flexibility index (Phi) is 3.84. The van der Waals surface area contributed by atoms with Crippen molar-refractivity contribution >= 4 is 11.6 Å². The summed E-state index contributed by atoms with van der Waals surface area (Å²) >= 11 is 0. The van der Waals surface area contributed by atoms with Crippen LogP contribution in [0.1, 0.15) is 15.9 Å². The Morgan fingerprint density at radius 1 is 1.27 bits per heavy atom. The first kappa shape index (κ1) is 14.2. The Bertz CT molecular complexity index is 809. The van der Waals surface area contributed by atoms with Crippen molar-refractivity contribution in [2.24, 2.45) is 0 Å². The number of hydrogen-bond donors (Lipinski definition) is 2. The van der Waals surface area contributed by atoms with Gasteiger partial charge in [0.25, 0.3) is 5.91 Å². The fourth-order valence-electron chi connectivity index (χ4n) is 2.26. The van der Waals surface area contributed by atoms with Crippen molar-refractivity contribution in [2.45, 2.75) is 6.92 Å². The highest BCUT2D eigenvalue weighted by Gasteiger charge is 2.15. The van der Waals surface area contributed by atoms with Crippen LogP contribution in [-0.4, -0.2) is 38.8 Å². The number of aliphatic hydroxyl groups excluding tert-OH is 1. The molecule has 2 aromatic heterocycles. The van der Waals surface area contributed by atoms with Gasteiger partial charge in [-0.15, -0.1) is 0 Å². The topological polar surface area (TPSA) is 79.5 Å². The zero-order valence-electron chi connectivity index (χ0n) is 12.2. The maximum atomic E-state index is 12.1. The summed E-state index contributed by atoms with van der Waals surface area (Å²) in [5.41, 5.74) is 3.93. The zero-order chi connectivity index (χ0) is 15.5. The summed E-state index contributed by atoms with van der Waals surface area (Å²) in [7, 11) is 0. The third kappa shape index (κ3) is 2.56. The monoisotopic (exact) mass is 296 g/mol. The number of amides is 1. The van der Waals surface area contributed by atoms with Gasteiger partial charge in [-0.3, -0.25) is 4.79 Å². The minimum absolute atomic E-state index is 0.104. The summed E-state index contributed by atoms with van der Waals surface area (Å²) in [5, 5.41) is 15.7. The zero-order valence-corrected chi connectivity index (χ0v) is 12.2. The molecule has 0 radical (unpaired) electrons. The van der Waals surface area contributed by atoms with E-state index in [2.05, 4.69) is 15.4 Å². The SMILES string of the molecule is Cc1ccc(-c2ccnc3c(C(=O)NCCO)cnn23)cc1. The molecule has 2 heterocycles. The van der Waals surface area contributed by atoms with Crippen molar-refractivity contribution in [3.8, 4) is 11.3 Å². The van der Waals surface area contributed by atoms with Crippen molar-refractivity contribution in [1.29, 1.82) is 0 Å². The van der Waals surface area contributed by atoms with E-state index in [1.807, 2.05) is 37.3 Å². The largest absolute Gasteiger partial charge is 0.395 e. The number of carbonyl (C=O) groups excluding carboxylic acids is 1. The minimum Gasteiger partial charge on any atom is -0.395 e. The second-order valence-electron chi connectivity index (χ2n) is 4.97. The van der Waals surface area contributed by atoms with E-state index in [4.69, 9.17) is 5.11 Å². The molecule has 0 saturated heterocycles. The van der Waals surface area contributed by atoms with Crippen LogP contribution in [0.15, 0.2) is 42.7 Å². The Labute approximate surface area is 127 Å². The molecule has 0 spiro atoms. The Morgan fingerprint density at radius 3 is 2.77 bits per heavy atom. The molecule has 1 amide bonds. The summed E-state index contributed by atoms with van der Waals surface area (Å²) in [6.45, 7) is 2.13. The van der Waals surface area contributed by atoms with Crippen LogP contribution in [0.5, 0.6) is 0 Å². The number of carbonyl (C=O) groups is 1. The van der Waals surface area contributed by atoms with Gasteiger partial charge in [0.1, 0.15) is 5.56 Å². The second-order valence-corrected chi connectivity index (χ2v) is 4.97. The number of benzene rings is 1. The van der Waals surface area contributed by atoms with Gasteiger partial charge in [0.05, 0.1) is 18.5 Å². The molecule has 0 fully saturated rings. The maximum absolute atomic E-state index is 12.1. The summed E-state index contributed by atoms with van der Waals surface area (Å²) in [6.07, 6.45) is 3.15. The van der Waals surface area contributed by atoms with Crippen molar-refractivity contribution in [1.82, 2.24) is 19.9 Å². The fraction of sp³-hybridized carbons (Fsp3) is 0.188. The van der Waals surface area contributed by atoms with E-state index in [-0.39, 0.29) is 19.1 Å². The van der Waals surface area contributed by atoms with E-state index in [0.717, 1.165) is 11.3 Å². The highest BCUT2D eigenvalue weighted by atomic mass is 16.3. The Morgan fingerprint density at radius 2 is 2.05 bits per heavy atom. The minimum atomic E-state index is -0.294. The maximum Gasteiger partial charge on any atom is 0.256 e. The van der Waals surface area contributed by atoms with E-state index < -0.39 is 0 Å². The molecule has 0 aliphatic rings. The van der Waals surface area contributed by atoms with Crippen LogP contribution in [0.4, 0.5) is 0 Å². The van der Waals surface area contributed by atoms with Crippen LogP contribution in [0, 0.1) is 6.92 Å². The molecule has 6 heteroatoms. The lowest BCUT2D eigenvalue weighted by Crippen LogP contribution is -2.26. The molecule has 0 aliphatic heterocycles. The van der Waals surface area contributed by atoms with Crippen LogP contribution in [0.2, 0.25) is 0 Å². The van der Waals surface area contributed by atoms with Gasteiger partial charge in [0.15, 0.2) is 5.65 Å². The smallest absolute Gasteiger partial charge is 0.256 e. The van der Waals surface area contributed by atoms with Gasteiger partial charge in [-0.2, -0.15) is 5.10 Å². The Balaban J connectivity index is 2.05. The van der Waals surface area contributed by atoms with Crippen molar-refractivity contribution in [3.05, 3.63) is 53.9 Å². The number of nitrogens with one attached hydrogen (secondary N) is 1. The van der Waals surface area contributed by atoms with Crippen LogP contribution < -0.4 is 5.32 Å². The average Bonchev–Trinajstić information content (AvgIpc) is 2.97. The number of fused-ring (bicyclic) bond motifs is 1. The van der Waals surface area contributed by atoms with E-state index in [1.165, 1.54) is 11.8 Å². The third-order valence-corrected chi connectivity index (χ3v) is 3.39. The van der Waals surface area contributed by atoms with Crippen molar-refractivity contribution in [2.75, 3.05) is 13.2 Å².